The molecule has 2 unspecified atom stereocenters. The van der Waals surface area contributed by atoms with Crippen LogP contribution in [0.2, 0.25) is 0 Å². The van der Waals surface area contributed by atoms with E-state index in [1.807, 2.05) is 6.07 Å². The van der Waals surface area contributed by atoms with Crippen LogP contribution in [0.15, 0.2) is 18.2 Å². The first kappa shape index (κ1) is 19.1. The van der Waals surface area contributed by atoms with E-state index in [1.54, 1.807) is 23.5 Å². The van der Waals surface area contributed by atoms with E-state index in [1.165, 1.54) is 17.6 Å². The van der Waals surface area contributed by atoms with Crippen molar-refractivity contribution in [3.8, 4) is 11.5 Å². The highest BCUT2D eigenvalue weighted by molar-refractivity contribution is 7.16. The topological polar surface area (TPSA) is 70.6 Å². The number of hydrogen-bond acceptors (Lipinski definition) is 5. The van der Waals surface area contributed by atoms with Gasteiger partial charge in [0.05, 0.1) is 12.7 Å². The van der Waals surface area contributed by atoms with Gasteiger partial charge in [-0.15, -0.1) is 11.3 Å². The van der Waals surface area contributed by atoms with Crippen molar-refractivity contribution in [1.82, 2.24) is 5.32 Å². The third kappa shape index (κ3) is 3.04. The number of nitrogens with one attached hydrogen (secondary N) is 2. The molecule has 150 valence electrons. The summed E-state index contributed by atoms with van der Waals surface area (Å²) in [6.45, 7) is 6.96. The molecule has 2 aliphatic rings. The summed E-state index contributed by atoms with van der Waals surface area (Å²) >= 11 is 1.70. The summed E-state index contributed by atoms with van der Waals surface area (Å²) in [4.78, 5) is 14.3. The highest BCUT2D eigenvalue weighted by Crippen LogP contribution is 2.47. The average molecular weight is 401 g/mol. The standard InChI is InChI=1S/C22H28N2O3S/c1-5-22(2,3)12-9-10-13-16(11-12)28-21-17(13)20(26)23-19(24-21)14-7-6-8-15(27-4)18(14)25/h6-8,12,19,24-25H,5,9-11H2,1-4H3,(H,23,26). The van der Waals surface area contributed by atoms with Gasteiger partial charge in [0, 0.05) is 10.4 Å². The van der Waals surface area contributed by atoms with Gasteiger partial charge < -0.3 is 20.5 Å². The Hall–Kier alpha value is -2.21. The molecule has 0 bridgehead atoms. The SMILES string of the molecule is CCC(C)(C)C1CCc2c(sc3c2C(=O)NC(c2cccc(OC)c2O)N3)C1. The van der Waals surface area contributed by atoms with Gasteiger partial charge in [0.15, 0.2) is 11.5 Å². The number of rotatable bonds is 4. The molecule has 6 heteroatoms. The summed E-state index contributed by atoms with van der Waals surface area (Å²) in [5, 5.41) is 17.8. The summed E-state index contributed by atoms with van der Waals surface area (Å²) in [6, 6.07) is 5.32. The summed E-state index contributed by atoms with van der Waals surface area (Å²) in [6.07, 6.45) is 3.81. The van der Waals surface area contributed by atoms with Gasteiger partial charge in [-0.1, -0.05) is 39.3 Å². The molecular formula is C22H28N2O3S. The normalized spacial score (nSPS) is 21.4. The number of carbonyl (C=O) groups excluding carboxylic acids is 1. The van der Waals surface area contributed by atoms with Crippen LogP contribution in [0, 0.1) is 11.3 Å². The molecule has 0 saturated carbocycles. The zero-order chi connectivity index (χ0) is 20.1. The van der Waals surface area contributed by atoms with E-state index in [2.05, 4.69) is 31.4 Å². The number of phenolic OH excluding ortho intramolecular Hbond substituents is 1. The maximum absolute atomic E-state index is 12.9. The van der Waals surface area contributed by atoms with E-state index in [-0.39, 0.29) is 11.7 Å². The van der Waals surface area contributed by atoms with Crippen molar-refractivity contribution in [1.29, 1.82) is 0 Å². The van der Waals surface area contributed by atoms with Crippen LogP contribution >= 0.6 is 11.3 Å². The molecule has 0 spiro atoms. The number of aromatic hydroxyl groups is 1. The molecule has 1 aromatic heterocycles. The molecule has 1 aromatic carbocycles. The molecule has 2 heterocycles. The molecule has 1 aliphatic carbocycles. The van der Waals surface area contributed by atoms with Gasteiger partial charge in [0.2, 0.25) is 0 Å². The summed E-state index contributed by atoms with van der Waals surface area (Å²) in [7, 11) is 1.52. The minimum Gasteiger partial charge on any atom is -0.504 e. The third-order valence-electron chi connectivity index (χ3n) is 6.62. The Morgan fingerprint density at radius 3 is 2.82 bits per heavy atom. The van der Waals surface area contributed by atoms with Crippen LogP contribution in [0.3, 0.4) is 0 Å². The Labute approximate surface area is 170 Å². The minimum atomic E-state index is -0.474. The quantitative estimate of drug-likeness (QED) is 0.686. The van der Waals surface area contributed by atoms with E-state index < -0.39 is 6.17 Å². The fourth-order valence-corrected chi connectivity index (χ4v) is 5.70. The Morgan fingerprint density at radius 2 is 2.11 bits per heavy atom. The number of carbonyl (C=O) groups is 1. The van der Waals surface area contributed by atoms with Crippen LogP contribution < -0.4 is 15.4 Å². The maximum Gasteiger partial charge on any atom is 0.256 e. The van der Waals surface area contributed by atoms with Gasteiger partial charge in [0.1, 0.15) is 11.2 Å². The second-order valence-corrected chi connectivity index (χ2v) is 9.54. The van der Waals surface area contributed by atoms with Crippen molar-refractivity contribution >= 4 is 22.2 Å². The Morgan fingerprint density at radius 1 is 1.32 bits per heavy atom. The van der Waals surface area contributed by atoms with Crippen LogP contribution in [-0.2, 0) is 12.8 Å². The number of benzene rings is 1. The number of thiophene rings is 1. The van der Waals surface area contributed by atoms with Crippen LogP contribution in [-0.4, -0.2) is 18.1 Å². The Bertz CT molecular complexity index is 919. The van der Waals surface area contributed by atoms with Crippen LogP contribution in [0.4, 0.5) is 5.00 Å². The van der Waals surface area contributed by atoms with Gasteiger partial charge in [-0.2, -0.15) is 0 Å². The molecule has 2 aromatic rings. The number of ether oxygens (including phenoxy) is 1. The van der Waals surface area contributed by atoms with E-state index in [9.17, 15) is 9.90 Å². The number of amides is 1. The van der Waals surface area contributed by atoms with Crippen molar-refractivity contribution < 1.29 is 14.6 Å². The van der Waals surface area contributed by atoms with Crippen LogP contribution in [0.1, 0.15) is 66.1 Å². The molecule has 0 saturated heterocycles. The van der Waals surface area contributed by atoms with Gasteiger partial charge >= 0.3 is 0 Å². The second-order valence-electron chi connectivity index (χ2n) is 8.44. The molecular weight excluding hydrogens is 372 g/mol. The third-order valence-corrected chi connectivity index (χ3v) is 7.81. The van der Waals surface area contributed by atoms with Gasteiger partial charge in [-0.3, -0.25) is 4.79 Å². The molecule has 3 N–H and O–H groups in total. The molecule has 1 amide bonds. The van der Waals surface area contributed by atoms with E-state index >= 15 is 0 Å². The van der Waals surface area contributed by atoms with E-state index in [0.717, 1.165) is 36.2 Å². The molecule has 5 nitrogen and oxygen atoms in total. The molecule has 28 heavy (non-hydrogen) atoms. The molecule has 0 fully saturated rings. The van der Waals surface area contributed by atoms with Gasteiger partial charge in [-0.25, -0.2) is 0 Å². The maximum atomic E-state index is 12.9. The minimum absolute atomic E-state index is 0.0531. The summed E-state index contributed by atoms with van der Waals surface area (Å²) in [5.41, 5.74) is 2.93. The van der Waals surface area contributed by atoms with Crippen molar-refractivity contribution in [2.75, 3.05) is 12.4 Å². The Kier molecular flexibility index (Phi) is 4.78. The fourth-order valence-electron chi connectivity index (χ4n) is 4.35. The van der Waals surface area contributed by atoms with Crippen LogP contribution in [0.25, 0.3) is 0 Å². The predicted octanol–water partition coefficient (Wildman–Crippen LogP) is 4.86. The summed E-state index contributed by atoms with van der Waals surface area (Å²) in [5.74, 6) is 1.03. The number of fused-ring (bicyclic) bond motifs is 3. The van der Waals surface area contributed by atoms with Crippen molar-refractivity contribution in [3.63, 3.8) is 0 Å². The number of methoxy groups -OCH3 is 1. The number of para-hydroxylation sites is 1. The average Bonchev–Trinajstić information content (AvgIpc) is 3.06. The van der Waals surface area contributed by atoms with E-state index in [0.29, 0.717) is 22.6 Å². The number of phenols is 1. The number of hydrogen-bond donors (Lipinski definition) is 3. The number of anilines is 1. The largest absolute Gasteiger partial charge is 0.504 e. The molecule has 1 aliphatic heterocycles. The first-order valence-corrected chi connectivity index (χ1v) is 10.7. The Balaban J connectivity index is 1.65. The molecule has 0 radical (unpaired) electrons. The highest BCUT2D eigenvalue weighted by atomic mass is 32.1. The lowest BCUT2D eigenvalue weighted by Gasteiger charge is -2.36. The van der Waals surface area contributed by atoms with Crippen LogP contribution in [0.5, 0.6) is 11.5 Å². The first-order valence-electron chi connectivity index (χ1n) is 9.93. The molecule has 2 atom stereocenters. The zero-order valence-corrected chi connectivity index (χ0v) is 17.7. The summed E-state index contributed by atoms with van der Waals surface area (Å²) < 4.78 is 5.21. The molecule has 4 rings (SSSR count). The lowest BCUT2D eigenvalue weighted by atomic mass is 9.69. The first-order chi connectivity index (χ1) is 13.4. The fraction of sp³-hybridized carbons (Fsp3) is 0.500. The van der Waals surface area contributed by atoms with Crippen molar-refractivity contribution in [2.24, 2.45) is 11.3 Å². The van der Waals surface area contributed by atoms with Crippen molar-refractivity contribution in [3.05, 3.63) is 39.8 Å². The lowest BCUT2D eigenvalue weighted by Crippen LogP contribution is -2.38. The lowest BCUT2D eigenvalue weighted by molar-refractivity contribution is 0.0934. The monoisotopic (exact) mass is 400 g/mol. The second kappa shape index (κ2) is 6.99. The predicted molar refractivity (Wildman–Crippen MR) is 112 cm³/mol. The zero-order valence-electron chi connectivity index (χ0n) is 16.9. The van der Waals surface area contributed by atoms with Gasteiger partial charge in [-0.05, 0) is 42.2 Å². The van der Waals surface area contributed by atoms with Gasteiger partial charge in [0.25, 0.3) is 5.91 Å². The van der Waals surface area contributed by atoms with E-state index in [4.69, 9.17) is 4.74 Å². The smallest absolute Gasteiger partial charge is 0.256 e. The highest BCUT2D eigenvalue weighted by Gasteiger charge is 2.37. The van der Waals surface area contributed by atoms with Crippen molar-refractivity contribution in [2.45, 2.75) is 52.6 Å².